The molecule has 0 fully saturated rings. The van der Waals surface area contributed by atoms with Crippen molar-refractivity contribution in [2.24, 2.45) is 0 Å². The Hall–Kier alpha value is -3.15. The van der Waals surface area contributed by atoms with E-state index in [0.717, 1.165) is 0 Å². The standard InChI is InChI=1S/C19H16O6/c1-25-14(21)7-2-4-10-8-9-12-16(17(10)22)19(24)15-11(18(12)23)5-3-6-13(15)20/h3,5-6,8-9,20,22H,2,4,7H2,1H3. The number of carbonyl (C=O) groups is 3. The van der Waals surface area contributed by atoms with Crippen molar-refractivity contribution in [3.05, 3.63) is 58.1 Å². The number of methoxy groups -OCH3 is 1. The van der Waals surface area contributed by atoms with Gasteiger partial charge in [-0.3, -0.25) is 14.4 Å². The molecule has 1 aliphatic carbocycles. The Labute approximate surface area is 143 Å². The molecule has 3 rings (SSSR count). The Morgan fingerprint density at radius 2 is 1.72 bits per heavy atom. The molecule has 0 spiro atoms. The summed E-state index contributed by atoms with van der Waals surface area (Å²) < 4.78 is 4.56. The molecular weight excluding hydrogens is 324 g/mol. The normalized spacial score (nSPS) is 12.5. The summed E-state index contributed by atoms with van der Waals surface area (Å²) in [5.74, 6) is -1.94. The zero-order chi connectivity index (χ0) is 18.1. The van der Waals surface area contributed by atoms with E-state index >= 15 is 0 Å². The van der Waals surface area contributed by atoms with Crippen molar-refractivity contribution in [1.82, 2.24) is 0 Å². The van der Waals surface area contributed by atoms with Crippen LogP contribution in [0, 0.1) is 0 Å². The lowest BCUT2D eigenvalue weighted by molar-refractivity contribution is -0.140. The van der Waals surface area contributed by atoms with Gasteiger partial charge in [-0.1, -0.05) is 18.2 Å². The fraction of sp³-hybridized carbons (Fsp3) is 0.211. The first-order chi connectivity index (χ1) is 12.0. The summed E-state index contributed by atoms with van der Waals surface area (Å²) >= 11 is 0. The molecule has 0 saturated heterocycles. The second-order valence-electron chi connectivity index (χ2n) is 5.78. The molecule has 0 aliphatic heterocycles. The third-order valence-corrected chi connectivity index (χ3v) is 4.30. The fourth-order valence-corrected chi connectivity index (χ4v) is 3.02. The fourth-order valence-electron chi connectivity index (χ4n) is 3.02. The molecule has 2 aromatic carbocycles. The van der Waals surface area contributed by atoms with Crippen LogP contribution < -0.4 is 0 Å². The number of hydrogen-bond acceptors (Lipinski definition) is 6. The number of rotatable bonds is 4. The van der Waals surface area contributed by atoms with Crippen LogP contribution in [0.25, 0.3) is 0 Å². The summed E-state index contributed by atoms with van der Waals surface area (Å²) in [6, 6.07) is 7.36. The molecule has 6 nitrogen and oxygen atoms in total. The molecule has 0 heterocycles. The molecule has 0 aromatic heterocycles. The van der Waals surface area contributed by atoms with Gasteiger partial charge in [0, 0.05) is 17.5 Å². The van der Waals surface area contributed by atoms with E-state index < -0.39 is 11.6 Å². The van der Waals surface area contributed by atoms with Crippen LogP contribution in [-0.4, -0.2) is 34.9 Å². The molecule has 0 unspecified atom stereocenters. The summed E-state index contributed by atoms with van der Waals surface area (Å²) in [5.41, 5.74) is 0.493. The molecule has 2 N–H and O–H groups in total. The van der Waals surface area contributed by atoms with Gasteiger partial charge in [0.15, 0.2) is 5.78 Å². The minimum Gasteiger partial charge on any atom is -0.507 e. The van der Waals surface area contributed by atoms with Crippen molar-refractivity contribution in [2.45, 2.75) is 19.3 Å². The molecule has 1 aliphatic rings. The first-order valence-electron chi connectivity index (χ1n) is 7.78. The average Bonchev–Trinajstić information content (AvgIpc) is 2.60. The summed E-state index contributed by atoms with van der Waals surface area (Å²) in [5, 5.41) is 20.4. The van der Waals surface area contributed by atoms with E-state index in [4.69, 9.17) is 0 Å². The third kappa shape index (κ3) is 2.76. The number of phenolic OH excluding ortho intramolecular Hbond substituents is 2. The number of phenols is 2. The van der Waals surface area contributed by atoms with E-state index in [1.54, 1.807) is 6.07 Å². The van der Waals surface area contributed by atoms with Crippen LogP contribution in [0.1, 0.15) is 50.2 Å². The first kappa shape index (κ1) is 16.7. The number of carbonyl (C=O) groups excluding carboxylic acids is 3. The number of hydrogen-bond donors (Lipinski definition) is 2. The minimum atomic E-state index is -0.588. The summed E-state index contributed by atoms with van der Waals surface area (Å²) in [6.07, 6.45) is 0.968. The van der Waals surface area contributed by atoms with E-state index in [2.05, 4.69) is 4.74 Å². The van der Waals surface area contributed by atoms with Gasteiger partial charge < -0.3 is 14.9 Å². The number of esters is 1. The van der Waals surface area contributed by atoms with Gasteiger partial charge >= 0.3 is 5.97 Å². The molecule has 0 saturated carbocycles. The van der Waals surface area contributed by atoms with Gasteiger partial charge in [0.25, 0.3) is 0 Å². The molecule has 6 heteroatoms. The maximum atomic E-state index is 12.7. The van der Waals surface area contributed by atoms with Crippen molar-refractivity contribution in [3.63, 3.8) is 0 Å². The van der Waals surface area contributed by atoms with Crippen LogP contribution in [0.5, 0.6) is 11.5 Å². The predicted molar refractivity (Wildman–Crippen MR) is 88.0 cm³/mol. The van der Waals surface area contributed by atoms with Crippen molar-refractivity contribution in [3.8, 4) is 11.5 Å². The molecule has 0 bridgehead atoms. The molecule has 128 valence electrons. The highest BCUT2D eigenvalue weighted by Gasteiger charge is 2.34. The second kappa shape index (κ2) is 6.39. The number of ether oxygens (including phenoxy) is 1. The first-order valence-corrected chi connectivity index (χ1v) is 7.78. The van der Waals surface area contributed by atoms with Crippen LogP contribution >= 0.6 is 0 Å². The van der Waals surface area contributed by atoms with Gasteiger partial charge in [-0.15, -0.1) is 0 Å². The topological polar surface area (TPSA) is 101 Å². The Bertz CT molecular complexity index is 897. The second-order valence-corrected chi connectivity index (χ2v) is 5.78. The lowest BCUT2D eigenvalue weighted by Crippen LogP contribution is -2.21. The Morgan fingerprint density at radius 1 is 1.00 bits per heavy atom. The Morgan fingerprint density at radius 3 is 2.44 bits per heavy atom. The largest absolute Gasteiger partial charge is 0.507 e. The van der Waals surface area contributed by atoms with Gasteiger partial charge in [-0.2, -0.15) is 0 Å². The zero-order valence-corrected chi connectivity index (χ0v) is 13.5. The Balaban J connectivity index is 1.99. The molecule has 0 atom stereocenters. The highest BCUT2D eigenvalue weighted by molar-refractivity contribution is 6.30. The van der Waals surface area contributed by atoms with Crippen LogP contribution in [0.4, 0.5) is 0 Å². The van der Waals surface area contributed by atoms with Crippen LogP contribution in [-0.2, 0) is 16.0 Å². The van der Waals surface area contributed by atoms with E-state index in [0.29, 0.717) is 18.4 Å². The van der Waals surface area contributed by atoms with Crippen LogP contribution in [0.2, 0.25) is 0 Å². The van der Waals surface area contributed by atoms with E-state index in [1.165, 1.54) is 31.4 Å². The number of benzene rings is 2. The van der Waals surface area contributed by atoms with Gasteiger partial charge in [-0.05, 0) is 30.5 Å². The summed E-state index contributed by atoms with van der Waals surface area (Å²) in [4.78, 5) is 36.5. The molecule has 0 radical (unpaired) electrons. The molecule has 0 amide bonds. The van der Waals surface area contributed by atoms with Crippen LogP contribution in [0.15, 0.2) is 30.3 Å². The number of ketones is 2. The molecule has 2 aromatic rings. The molecular formula is C19H16O6. The van der Waals surface area contributed by atoms with Crippen molar-refractivity contribution in [2.75, 3.05) is 7.11 Å². The lowest BCUT2D eigenvalue weighted by Gasteiger charge is -2.20. The monoisotopic (exact) mass is 340 g/mol. The quantitative estimate of drug-likeness (QED) is 0.707. The average molecular weight is 340 g/mol. The maximum Gasteiger partial charge on any atom is 0.305 e. The Kier molecular flexibility index (Phi) is 4.27. The van der Waals surface area contributed by atoms with Gasteiger partial charge in [0.05, 0.1) is 18.2 Å². The van der Waals surface area contributed by atoms with Gasteiger partial charge in [0.1, 0.15) is 11.5 Å². The zero-order valence-electron chi connectivity index (χ0n) is 13.5. The van der Waals surface area contributed by atoms with Gasteiger partial charge in [0.2, 0.25) is 5.78 Å². The number of aromatic hydroxyl groups is 2. The van der Waals surface area contributed by atoms with Crippen molar-refractivity contribution in [1.29, 1.82) is 0 Å². The predicted octanol–water partition coefficient (Wildman–Crippen LogP) is 2.37. The van der Waals surface area contributed by atoms with E-state index in [9.17, 15) is 24.6 Å². The molecule has 25 heavy (non-hydrogen) atoms. The summed E-state index contributed by atoms with van der Waals surface area (Å²) in [7, 11) is 1.30. The van der Waals surface area contributed by atoms with E-state index in [1.807, 2.05) is 0 Å². The highest BCUT2D eigenvalue weighted by atomic mass is 16.5. The smallest absolute Gasteiger partial charge is 0.305 e. The lowest BCUT2D eigenvalue weighted by atomic mass is 9.82. The SMILES string of the molecule is COC(=O)CCCc1ccc2c(c1O)C(=O)c1c(O)cccc1C2=O. The van der Waals surface area contributed by atoms with E-state index in [-0.39, 0.29) is 46.1 Å². The van der Waals surface area contributed by atoms with Crippen LogP contribution in [0.3, 0.4) is 0 Å². The minimum absolute atomic E-state index is 0.0954. The third-order valence-electron chi connectivity index (χ3n) is 4.30. The van der Waals surface area contributed by atoms with Crippen molar-refractivity contribution >= 4 is 17.5 Å². The maximum absolute atomic E-state index is 12.7. The van der Waals surface area contributed by atoms with Crippen molar-refractivity contribution < 1.29 is 29.3 Å². The summed E-state index contributed by atoms with van der Waals surface area (Å²) in [6.45, 7) is 0. The number of aryl methyl sites for hydroxylation is 1. The highest BCUT2D eigenvalue weighted by Crippen LogP contribution is 2.38. The number of fused-ring (bicyclic) bond motifs is 2. The van der Waals surface area contributed by atoms with Gasteiger partial charge in [-0.25, -0.2) is 0 Å².